The molecule has 0 aliphatic carbocycles. The summed E-state index contributed by atoms with van der Waals surface area (Å²) >= 11 is 1.35. The molecule has 27 heavy (non-hydrogen) atoms. The topological polar surface area (TPSA) is 82.2 Å². The minimum atomic E-state index is -0.119. The van der Waals surface area contributed by atoms with Gasteiger partial charge in [-0.1, -0.05) is 31.7 Å². The Hall–Kier alpha value is -2.74. The molecule has 8 heteroatoms. The monoisotopic (exact) mass is 386 g/mol. The highest BCUT2D eigenvalue weighted by Gasteiger charge is 2.17. The van der Waals surface area contributed by atoms with Gasteiger partial charge in [-0.3, -0.25) is 9.36 Å². The molecule has 1 N–H and O–H groups in total. The molecule has 2 heterocycles. The second-order valence-electron chi connectivity index (χ2n) is 6.23. The molecule has 0 aliphatic heterocycles. The Morgan fingerprint density at radius 2 is 2.15 bits per heavy atom. The van der Waals surface area contributed by atoms with Crippen LogP contribution in [0.25, 0.3) is 0 Å². The number of nitrogens with one attached hydrogen (secondary N) is 1. The molecule has 0 fully saturated rings. The molecule has 3 aromatic rings. The number of hydrogen-bond acceptors (Lipinski definition) is 6. The van der Waals surface area contributed by atoms with E-state index in [1.54, 1.807) is 19.4 Å². The largest absolute Gasteiger partial charge is 0.497 e. The number of thioether (sulfide) groups is 1. The molecule has 0 atom stereocenters. The van der Waals surface area contributed by atoms with Crippen LogP contribution in [-0.2, 0) is 11.3 Å². The quantitative estimate of drug-likeness (QED) is 0.593. The normalized spacial score (nSPS) is 11.0. The van der Waals surface area contributed by atoms with Crippen LogP contribution in [0.4, 0.5) is 5.69 Å². The molecular formula is C19H22N4O3S. The first-order chi connectivity index (χ1) is 13.1. The zero-order valence-electron chi connectivity index (χ0n) is 15.5. The number of carbonyl (C=O) groups excluding carboxylic acids is 1. The fourth-order valence-corrected chi connectivity index (χ4v) is 3.31. The van der Waals surface area contributed by atoms with E-state index in [4.69, 9.17) is 9.15 Å². The third-order valence-electron chi connectivity index (χ3n) is 3.84. The van der Waals surface area contributed by atoms with E-state index < -0.39 is 0 Å². The molecule has 0 bridgehead atoms. The van der Waals surface area contributed by atoms with Crippen LogP contribution in [0.2, 0.25) is 0 Å². The Kier molecular flexibility index (Phi) is 6.18. The molecule has 0 aliphatic rings. The summed E-state index contributed by atoms with van der Waals surface area (Å²) in [6, 6.07) is 11.0. The summed E-state index contributed by atoms with van der Waals surface area (Å²) in [5, 5.41) is 12.1. The van der Waals surface area contributed by atoms with Crippen LogP contribution in [0.1, 0.15) is 31.4 Å². The van der Waals surface area contributed by atoms with Gasteiger partial charge in [0.05, 0.1) is 25.7 Å². The number of hydrogen-bond donors (Lipinski definition) is 1. The molecule has 0 unspecified atom stereocenters. The van der Waals surface area contributed by atoms with Crippen molar-refractivity contribution in [3.8, 4) is 5.75 Å². The minimum Gasteiger partial charge on any atom is -0.497 e. The van der Waals surface area contributed by atoms with Crippen LogP contribution in [0.5, 0.6) is 5.75 Å². The highest BCUT2D eigenvalue weighted by molar-refractivity contribution is 7.99. The average Bonchev–Trinajstić information content (AvgIpc) is 3.30. The molecule has 1 amide bonds. The molecule has 2 aromatic heterocycles. The standard InChI is InChI=1S/C19H22N4O3S/c1-13(2)18-21-22-19(23(18)11-16-8-5-9-26-16)27-12-17(24)20-14-6-4-7-15(10-14)25-3/h4-10,13H,11-12H2,1-3H3,(H,20,24). The minimum absolute atomic E-state index is 0.119. The van der Waals surface area contributed by atoms with Gasteiger partial charge < -0.3 is 14.5 Å². The van der Waals surface area contributed by atoms with Gasteiger partial charge in [-0.15, -0.1) is 10.2 Å². The molecule has 0 radical (unpaired) electrons. The Balaban J connectivity index is 1.67. The summed E-state index contributed by atoms with van der Waals surface area (Å²) in [6.45, 7) is 4.66. The Morgan fingerprint density at radius 3 is 2.85 bits per heavy atom. The first-order valence-electron chi connectivity index (χ1n) is 8.59. The van der Waals surface area contributed by atoms with E-state index in [9.17, 15) is 4.79 Å². The highest BCUT2D eigenvalue weighted by atomic mass is 32.2. The molecule has 142 valence electrons. The van der Waals surface area contributed by atoms with Crippen molar-refractivity contribution >= 4 is 23.4 Å². The lowest BCUT2D eigenvalue weighted by Crippen LogP contribution is -2.15. The summed E-state index contributed by atoms with van der Waals surface area (Å²) in [5.74, 6) is 2.70. The van der Waals surface area contributed by atoms with Gasteiger partial charge in [-0.25, -0.2) is 0 Å². The van der Waals surface area contributed by atoms with Crippen molar-refractivity contribution in [3.05, 3.63) is 54.2 Å². The predicted octanol–water partition coefficient (Wildman–Crippen LogP) is 3.78. The third-order valence-corrected chi connectivity index (χ3v) is 4.81. The van der Waals surface area contributed by atoms with Crippen molar-refractivity contribution in [2.24, 2.45) is 0 Å². The number of amides is 1. The second kappa shape index (κ2) is 8.77. The summed E-state index contributed by atoms with van der Waals surface area (Å²) in [7, 11) is 1.59. The van der Waals surface area contributed by atoms with Crippen molar-refractivity contribution in [1.82, 2.24) is 14.8 Å². The number of benzene rings is 1. The SMILES string of the molecule is COc1cccc(NC(=O)CSc2nnc(C(C)C)n2Cc2ccco2)c1. The van der Waals surface area contributed by atoms with Gasteiger partial charge in [0.1, 0.15) is 17.3 Å². The lowest BCUT2D eigenvalue weighted by atomic mass is 10.2. The van der Waals surface area contributed by atoms with Crippen LogP contribution in [0.3, 0.4) is 0 Å². The van der Waals surface area contributed by atoms with Gasteiger partial charge in [0.25, 0.3) is 0 Å². The van der Waals surface area contributed by atoms with E-state index in [2.05, 4.69) is 29.4 Å². The second-order valence-corrected chi connectivity index (χ2v) is 7.17. The van der Waals surface area contributed by atoms with E-state index >= 15 is 0 Å². The fraction of sp³-hybridized carbons (Fsp3) is 0.316. The number of nitrogens with zero attached hydrogens (tertiary/aromatic N) is 3. The van der Waals surface area contributed by atoms with Gasteiger partial charge in [-0.2, -0.15) is 0 Å². The molecule has 3 rings (SSSR count). The van der Waals surface area contributed by atoms with Gasteiger partial charge >= 0.3 is 0 Å². The number of anilines is 1. The van der Waals surface area contributed by atoms with Crippen LogP contribution in [0.15, 0.2) is 52.2 Å². The zero-order valence-corrected chi connectivity index (χ0v) is 16.3. The van der Waals surface area contributed by atoms with Gasteiger partial charge in [0.15, 0.2) is 5.16 Å². The first-order valence-corrected chi connectivity index (χ1v) is 9.57. The van der Waals surface area contributed by atoms with Crippen molar-refractivity contribution in [2.45, 2.75) is 31.5 Å². The average molecular weight is 386 g/mol. The smallest absolute Gasteiger partial charge is 0.234 e. The molecular weight excluding hydrogens is 364 g/mol. The number of rotatable bonds is 8. The number of carbonyl (C=O) groups is 1. The first kappa shape index (κ1) is 19.0. The number of ether oxygens (including phenoxy) is 1. The van der Waals surface area contributed by atoms with Gasteiger partial charge in [0.2, 0.25) is 5.91 Å². The zero-order chi connectivity index (χ0) is 19.2. The van der Waals surface area contributed by atoms with E-state index in [0.29, 0.717) is 23.1 Å². The Labute approximate surface area is 162 Å². The van der Waals surface area contributed by atoms with Crippen molar-refractivity contribution < 1.29 is 13.9 Å². The maximum Gasteiger partial charge on any atom is 0.234 e. The molecule has 7 nitrogen and oxygen atoms in total. The lowest BCUT2D eigenvalue weighted by molar-refractivity contribution is -0.113. The predicted molar refractivity (Wildman–Crippen MR) is 104 cm³/mol. The van der Waals surface area contributed by atoms with Crippen LogP contribution >= 0.6 is 11.8 Å². The van der Waals surface area contributed by atoms with Crippen molar-refractivity contribution in [1.29, 1.82) is 0 Å². The summed E-state index contributed by atoms with van der Waals surface area (Å²) < 4.78 is 12.6. The van der Waals surface area contributed by atoms with Crippen LogP contribution in [-0.4, -0.2) is 33.5 Å². The fourth-order valence-electron chi connectivity index (χ4n) is 2.57. The third kappa shape index (κ3) is 4.91. The summed E-state index contributed by atoms with van der Waals surface area (Å²) in [6.07, 6.45) is 1.64. The summed E-state index contributed by atoms with van der Waals surface area (Å²) in [5.41, 5.74) is 0.694. The molecule has 1 aromatic carbocycles. The van der Waals surface area contributed by atoms with Crippen molar-refractivity contribution in [2.75, 3.05) is 18.2 Å². The molecule has 0 spiro atoms. The lowest BCUT2D eigenvalue weighted by Gasteiger charge is -2.11. The van der Waals surface area contributed by atoms with E-state index in [-0.39, 0.29) is 17.6 Å². The maximum absolute atomic E-state index is 12.3. The Morgan fingerprint density at radius 1 is 1.30 bits per heavy atom. The molecule has 0 saturated carbocycles. The molecule has 0 saturated heterocycles. The van der Waals surface area contributed by atoms with E-state index in [1.165, 1.54) is 11.8 Å². The number of methoxy groups -OCH3 is 1. The van der Waals surface area contributed by atoms with Crippen LogP contribution in [0, 0.1) is 0 Å². The highest BCUT2D eigenvalue weighted by Crippen LogP contribution is 2.23. The van der Waals surface area contributed by atoms with Gasteiger partial charge in [0, 0.05) is 17.7 Å². The number of aromatic nitrogens is 3. The Bertz CT molecular complexity index is 890. The number of furan rings is 1. The van der Waals surface area contributed by atoms with E-state index in [0.717, 1.165) is 11.6 Å². The van der Waals surface area contributed by atoms with Gasteiger partial charge in [-0.05, 0) is 24.3 Å². The summed E-state index contributed by atoms with van der Waals surface area (Å²) in [4.78, 5) is 12.3. The van der Waals surface area contributed by atoms with Crippen LogP contribution < -0.4 is 10.1 Å². The van der Waals surface area contributed by atoms with E-state index in [1.807, 2.05) is 34.9 Å². The maximum atomic E-state index is 12.3. The van der Waals surface area contributed by atoms with Crippen molar-refractivity contribution in [3.63, 3.8) is 0 Å².